The Morgan fingerprint density at radius 1 is 1.53 bits per heavy atom. The van der Waals surface area contributed by atoms with Gasteiger partial charge in [-0.2, -0.15) is 0 Å². The molecule has 0 aromatic carbocycles. The summed E-state index contributed by atoms with van der Waals surface area (Å²) in [6.07, 6.45) is 0. The summed E-state index contributed by atoms with van der Waals surface area (Å²) >= 11 is 0. The van der Waals surface area contributed by atoms with E-state index in [1.54, 1.807) is 12.0 Å². The fourth-order valence-corrected chi connectivity index (χ4v) is 1.70. The molecule has 3 N–H and O–H groups in total. The number of hydrogen-bond acceptors (Lipinski definition) is 5. The highest BCUT2D eigenvalue weighted by atomic mass is 16.5. The lowest BCUT2D eigenvalue weighted by Gasteiger charge is -2.20. The number of aryl methyl sites for hydroxylation is 1. The fourth-order valence-electron chi connectivity index (χ4n) is 1.70. The number of methoxy groups -OCH3 is 1. The first kappa shape index (κ1) is 15.4. The number of carbonyl (C=O) groups excluding carboxylic acids is 1. The Balaban J connectivity index is 2.64. The smallest absolute Gasteiger partial charge is 0.239 e. The van der Waals surface area contributed by atoms with Gasteiger partial charge < -0.3 is 20.7 Å². The third-order valence-corrected chi connectivity index (χ3v) is 2.69. The van der Waals surface area contributed by atoms with Crippen molar-refractivity contribution in [3.05, 3.63) is 23.4 Å². The summed E-state index contributed by atoms with van der Waals surface area (Å²) in [5.41, 5.74) is 7.51. The molecule has 0 bridgehead atoms. The van der Waals surface area contributed by atoms with Crippen molar-refractivity contribution in [3.63, 3.8) is 0 Å². The van der Waals surface area contributed by atoms with E-state index >= 15 is 0 Å². The Labute approximate surface area is 113 Å². The number of anilines is 1. The average Bonchev–Trinajstić information content (AvgIpc) is 2.39. The molecular formula is C13H22N4O2. The standard InChI is InChI=1S/C13H22N4O2/c1-10-4-5-11(8-14)13(16-10)17(2)9-12(18)15-6-7-19-3/h4-5H,6-9,14H2,1-3H3,(H,15,18). The van der Waals surface area contributed by atoms with Gasteiger partial charge in [-0.3, -0.25) is 4.79 Å². The molecule has 6 heteroatoms. The van der Waals surface area contributed by atoms with Gasteiger partial charge in [-0.25, -0.2) is 4.98 Å². The van der Waals surface area contributed by atoms with Crippen LogP contribution in [0.4, 0.5) is 5.82 Å². The number of pyridine rings is 1. The van der Waals surface area contributed by atoms with Crippen LogP contribution in [0.15, 0.2) is 12.1 Å². The molecule has 106 valence electrons. The molecule has 0 fully saturated rings. The molecule has 0 saturated heterocycles. The summed E-state index contributed by atoms with van der Waals surface area (Å²) < 4.78 is 4.88. The van der Waals surface area contributed by atoms with Crippen molar-refractivity contribution in [2.24, 2.45) is 5.73 Å². The molecule has 0 aliphatic heterocycles. The first-order chi connectivity index (χ1) is 9.08. The summed E-state index contributed by atoms with van der Waals surface area (Å²) in [6, 6.07) is 3.86. The van der Waals surface area contributed by atoms with E-state index in [1.807, 2.05) is 26.1 Å². The largest absolute Gasteiger partial charge is 0.383 e. The lowest BCUT2D eigenvalue weighted by molar-refractivity contribution is -0.119. The van der Waals surface area contributed by atoms with Gasteiger partial charge in [-0.1, -0.05) is 6.07 Å². The van der Waals surface area contributed by atoms with E-state index in [-0.39, 0.29) is 12.5 Å². The van der Waals surface area contributed by atoms with E-state index in [1.165, 1.54) is 0 Å². The number of amides is 1. The second-order valence-corrected chi connectivity index (χ2v) is 4.34. The Kier molecular flexibility index (Phi) is 6.24. The highest BCUT2D eigenvalue weighted by molar-refractivity contribution is 5.81. The topological polar surface area (TPSA) is 80.5 Å². The van der Waals surface area contributed by atoms with Crippen molar-refractivity contribution in [1.29, 1.82) is 0 Å². The molecule has 0 aliphatic rings. The maximum absolute atomic E-state index is 11.7. The number of rotatable bonds is 7. The molecule has 6 nitrogen and oxygen atoms in total. The maximum Gasteiger partial charge on any atom is 0.239 e. The zero-order chi connectivity index (χ0) is 14.3. The molecule has 0 atom stereocenters. The molecule has 0 spiro atoms. The van der Waals surface area contributed by atoms with E-state index in [9.17, 15) is 4.79 Å². The Hall–Kier alpha value is -1.66. The van der Waals surface area contributed by atoms with Gasteiger partial charge in [0.2, 0.25) is 5.91 Å². The SMILES string of the molecule is COCCNC(=O)CN(C)c1nc(C)ccc1CN. The van der Waals surface area contributed by atoms with Crippen LogP contribution in [-0.2, 0) is 16.1 Å². The lowest BCUT2D eigenvalue weighted by atomic mass is 10.2. The van der Waals surface area contributed by atoms with Gasteiger partial charge in [0.25, 0.3) is 0 Å². The zero-order valence-electron chi connectivity index (χ0n) is 11.8. The molecule has 0 radical (unpaired) electrons. The van der Waals surface area contributed by atoms with Gasteiger partial charge in [-0.15, -0.1) is 0 Å². The van der Waals surface area contributed by atoms with Crippen molar-refractivity contribution in [1.82, 2.24) is 10.3 Å². The minimum Gasteiger partial charge on any atom is -0.383 e. The first-order valence-electron chi connectivity index (χ1n) is 6.21. The molecule has 0 aliphatic carbocycles. The van der Waals surface area contributed by atoms with E-state index < -0.39 is 0 Å². The number of aromatic nitrogens is 1. The van der Waals surface area contributed by atoms with Crippen molar-refractivity contribution in [2.75, 3.05) is 38.8 Å². The number of nitrogens with one attached hydrogen (secondary N) is 1. The van der Waals surface area contributed by atoms with Gasteiger partial charge in [0, 0.05) is 38.5 Å². The quantitative estimate of drug-likeness (QED) is 0.682. The van der Waals surface area contributed by atoms with E-state index in [0.29, 0.717) is 19.7 Å². The predicted molar refractivity (Wildman–Crippen MR) is 75.0 cm³/mol. The van der Waals surface area contributed by atoms with E-state index in [4.69, 9.17) is 10.5 Å². The molecule has 1 aromatic heterocycles. The van der Waals surface area contributed by atoms with Crippen molar-refractivity contribution in [2.45, 2.75) is 13.5 Å². The maximum atomic E-state index is 11.7. The molecule has 1 rings (SSSR count). The van der Waals surface area contributed by atoms with E-state index in [0.717, 1.165) is 17.1 Å². The third-order valence-electron chi connectivity index (χ3n) is 2.69. The van der Waals surface area contributed by atoms with Crippen LogP contribution in [0.25, 0.3) is 0 Å². The van der Waals surface area contributed by atoms with Crippen LogP contribution >= 0.6 is 0 Å². The van der Waals surface area contributed by atoms with Crippen molar-refractivity contribution in [3.8, 4) is 0 Å². The van der Waals surface area contributed by atoms with E-state index in [2.05, 4.69) is 10.3 Å². The predicted octanol–water partition coefficient (Wildman–Crippen LogP) is 0.0475. The van der Waals surface area contributed by atoms with Gasteiger partial charge in [-0.05, 0) is 13.0 Å². The summed E-state index contributed by atoms with van der Waals surface area (Å²) in [7, 11) is 3.43. The Bertz CT molecular complexity index is 423. The van der Waals surface area contributed by atoms with Crippen LogP contribution in [0.2, 0.25) is 0 Å². The van der Waals surface area contributed by atoms with Gasteiger partial charge in [0.05, 0.1) is 13.2 Å². The summed E-state index contributed by atoms with van der Waals surface area (Å²) in [6.45, 7) is 3.57. The summed E-state index contributed by atoms with van der Waals surface area (Å²) in [5.74, 6) is 0.690. The number of hydrogen-bond donors (Lipinski definition) is 2. The number of likely N-dealkylation sites (N-methyl/N-ethyl adjacent to an activating group) is 1. The number of ether oxygens (including phenoxy) is 1. The van der Waals surface area contributed by atoms with Crippen LogP contribution in [0.1, 0.15) is 11.3 Å². The van der Waals surface area contributed by atoms with Gasteiger partial charge in [0.15, 0.2) is 0 Å². The molecule has 19 heavy (non-hydrogen) atoms. The molecule has 0 unspecified atom stereocenters. The lowest BCUT2D eigenvalue weighted by Crippen LogP contribution is -2.37. The molecule has 1 heterocycles. The monoisotopic (exact) mass is 266 g/mol. The van der Waals surface area contributed by atoms with Crippen LogP contribution in [0.3, 0.4) is 0 Å². The molecule has 1 amide bonds. The number of nitrogens with zero attached hydrogens (tertiary/aromatic N) is 2. The summed E-state index contributed by atoms with van der Waals surface area (Å²) in [5, 5.41) is 2.77. The fraction of sp³-hybridized carbons (Fsp3) is 0.538. The number of carbonyl (C=O) groups is 1. The van der Waals surface area contributed by atoms with Crippen LogP contribution in [0, 0.1) is 6.92 Å². The van der Waals surface area contributed by atoms with Crippen LogP contribution in [-0.4, -0.2) is 44.7 Å². The van der Waals surface area contributed by atoms with Crippen LogP contribution in [0.5, 0.6) is 0 Å². The zero-order valence-corrected chi connectivity index (χ0v) is 11.8. The Morgan fingerprint density at radius 3 is 2.89 bits per heavy atom. The summed E-state index contributed by atoms with van der Waals surface area (Å²) in [4.78, 5) is 18.0. The highest BCUT2D eigenvalue weighted by Crippen LogP contribution is 2.16. The third kappa shape index (κ3) is 4.84. The van der Waals surface area contributed by atoms with Crippen LogP contribution < -0.4 is 16.0 Å². The minimum atomic E-state index is -0.0640. The van der Waals surface area contributed by atoms with Gasteiger partial charge in [0.1, 0.15) is 5.82 Å². The molecular weight excluding hydrogens is 244 g/mol. The molecule has 1 aromatic rings. The second kappa shape index (κ2) is 7.70. The first-order valence-corrected chi connectivity index (χ1v) is 6.21. The van der Waals surface area contributed by atoms with Gasteiger partial charge >= 0.3 is 0 Å². The normalized spacial score (nSPS) is 10.3. The Morgan fingerprint density at radius 2 is 2.26 bits per heavy atom. The highest BCUT2D eigenvalue weighted by Gasteiger charge is 2.12. The second-order valence-electron chi connectivity index (χ2n) is 4.34. The molecule has 0 saturated carbocycles. The number of nitrogens with two attached hydrogens (primary N) is 1. The average molecular weight is 266 g/mol. The van der Waals surface area contributed by atoms with Crippen molar-refractivity contribution >= 4 is 11.7 Å². The van der Waals surface area contributed by atoms with Crippen molar-refractivity contribution < 1.29 is 9.53 Å². The minimum absolute atomic E-state index is 0.0640.